The molecule has 11 heteroatoms. The molecule has 1 aliphatic rings. The minimum atomic E-state index is -4.79. The van der Waals surface area contributed by atoms with Gasteiger partial charge in [0.1, 0.15) is 12.1 Å². The summed E-state index contributed by atoms with van der Waals surface area (Å²) in [5.41, 5.74) is -1.63. The molecular formula is C22H15Cl2F3N4O2. The Morgan fingerprint density at radius 1 is 1.12 bits per heavy atom. The summed E-state index contributed by atoms with van der Waals surface area (Å²) < 4.78 is 42.5. The number of amides is 1. The number of benzene rings is 2. The van der Waals surface area contributed by atoms with E-state index in [9.17, 15) is 18.0 Å². The number of hydrogen-bond acceptors (Lipinski definition) is 5. The van der Waals surface area contributed by atoms with Crippen LogP contribution < -0.4 is 5.32 Å². The molecule has 0 fully saturated rings. The second-order valence-corrected chi connectivity index (χ2v) is 8.24. The quantitative estimate of drug-likeness (QED) is 0.487. The molecular weight excluding hydrogens is 480 g/mol. The van der Waals surface area contributed by atoms with E-state index in [0.717, 1.165) is 12.1 Å². The van der Waals surface area contributed by atoms with E-state index >= 15 is 0 Å². The van der Waals surface area contributed by atoms with Crippen LogP contribution in [0.25, 0.3) is 0 Å². The van der Waals surface area contributed by atoms with E-state index in [2.05, 4.69) is 20.4 Å². The molecule has 2 heterocycles. The largest absolute Gasteiger partial charge is 0.435 e. The van der Waals surface area contributed by atoms with E-state index in [1.54, 1.807) is 13.0 Å². The summed E-state index contributed by atoms with van der Waals surface area (Å²) >= 11 is 11.9. The van der Waals surface area contributed by atoms with Crippen LogP contribution >= 0.6 is 23.2 Å². The van der Waals surface area contributed by atoms with E-state index < -0.39 is 24.1 Å². The van der Waals surface area contributed by atoms with Gasteiger partial charge in [0.15, 0.2) is 0 Å². The molecule has 1 N–H and O–H groups in total. The molecule has 0 saturated carbocycles. The minimum absolute atomic E-state index is 0.0491. The number of rotatable bonds is 4. The highest BCUT2D eigenvalue weighted by Crippen LogP contribution is 2.49. The Morgan fingerprint density at radius 3 is 2.45 bits per heavy atom. The van der Waals surface area contributed by atoms with Crippen LogP contribution in [0.4, 0.5) is 19.0 Å². The van der Waals surface area contributed by atoms with E-state index in [1.807, 2.05) is 0 Å². The normalized spacial score (nSPS) is 17.9. The third-order valence-corrected chi connectivity index (χ3v) is 5.58. The lowest BCUT2D eigenvalue weighted by molar-refractivity contribution is -0.275. The summed E-state index contributed by atoms with van der Waals surface area (Å²) in [6.45, 7) is 1.67. The van der Waals surface area contributed by atoms with Gasteiger partial charge in [-0.3, -0.25) is 4.79 Å². The summed E-state index contributed by atoms with van der Waals surface area (Å²) in [5, 5.41) is 6.47. The van der Waals surface area contributed by atoms with Crippen molar-refractivity contribution in [1.82, 2.24) is 9.97 Å². The first-order valence-corrected chi connectivity index (χ1v) is 10.3. The van der Waals surface area contributed by atoms with Crippen molar-refractivity contribution in [1.29, 1.82) is 0 Å². The number of halogens is 5. The van der Waals surface area contributed by atoms with Crippen molar-refractivity contribution in [3.05, 3.63) is 87.3 Å². The molecule has 0 aliphatic carbocycles. The maximum atomic E-state index is 14.2. The highest BCUT2D eigenvalue weighted by atomic mass is 35.5. The molecule has 4 rings (SSSR count). The lowest BCUT2D eigenvalue weighted by Crippen LogP contribution is -2.42. The molecule has 1 aliphatic heterocycles. The lowest BCUT2D eigenvalue weighted by Gasteiger charge is -2.29. The van der Waals surface area contributed by atoms with Crippen LogP contribution in [-0.4, -0.2) is 27.8 Å². The molecule has 1 aromatic heterocycles. The Bertz CT molecular complexity index is 1230. The Hall–Kier alpha value is -3.17. The summed E-state index contributed by atoms with van der Waals surface area (Å²) in [7, 11) is 0. The van der Waals surface area contributed by atoms with Gasteiger partial charge < -0.3 is 10.2 Å². The molecule has 3 aromatic rings. The van der Waals surface area contributed by atoms with E-state index in [4.69, 9.17) is 28.0 Å². The Labute approximate surface area is 196 Å². The fourth-order valence-electron chi connectivity index (χ4n) is 3.49. The van der Waals surface area contributed by atoms with Crippen LogP contribution in [0.2, 0.25) is 10.0 Å². The highest BCUT2D eigenvalue weighted by molar-refractivity contribution is 6.34. The molecule has 0 saturated heterocycles. The zero-order valence-electron chi connectivity index (χ0n) is 17.0. The number of nitrogens with one attached hydrogen (secondary N) is 1. The van der Waals surface area contributed by atoms with Crippen molar-refractivity contribution in [3.8, 4) is 0 Å². The maximum Gasteiger partial charge on any atom is 0.435 e. The Kier molecular flexibility index (Phi) is 6.02. The number of carbonyl (C=O) groups excluding carboxylic acids is 1. The molecule has 0 bridgehead atoms. The fourth-order valence-corrected chi connectivity index (χ4v) is 4.02. The SMILES string of the molecule is Cc1cc(C2=NOC(c3cc(Cl)cc(Cl)c3)(C(F)(F)F)C2)ccc1C(=O)Nc1ccncn1. The zero-order chi connectivity index (χ0) is 23.8. The maximum absolute atomic E-state index is 14.2. The van der Waals surface area contributed by atoms with Crippen LogP contribution in [0.1, 0.15) is 33.5 Å². The van der Waals surface area contributed by atoms with Gasteiger partial charge in [-0.25, -0.2) is 9.97 Å². The van der Waals surface area contributed by atoms with Crippen LogP contribution in [-0.2, 0) is 10.4 Å². The number of aryl methyl sites for hydroxylation is 1. The molecule has 1 unspecified atom stereocenters. The first kappa shape index (κ1) is 23.0. The third kappa shape index (κ3) is 4.51. The second kappa shape index (κ2) is 8.64. The molecule has 33 heavy (non-hydrogen) atoms. The van der Waals surface area contributed by atoms with Crippen LogP contribution in [0.5, 0.6) is 0 Å². The molecule has 170 valence electrons. The number of nitrogens with zero attached hydrogens (tertiary/aromatic N) is 3. The number of carbonyl (C=O) groups is 1. The topological polar surface area (TPSA) is 76.5 Å². The van der Waals surface area contributed by atoms with Crippen LogP contribution in [0.3, 0.4) is 0 Å². The van der Waals surface area contributed by atoms with Crippen LogP contribution in [0, 0.1) is 6.92 Å². The van der Waals surface area contributed by atoms with Gasteiger partial charge >= 0.3 is 6.18 Å². The van der Waals surface area contributed by atoms with Gasteiger partial charge in [0.2, 0.25) is 0 Å². The number of aromatic nitrogens is 2. The van der Waals surface area contributed by atoms with Gasteiger partial charge in [0, 0.05) is 33.8 Å². The number of alkyl halides is 3. The molecule has 1 amide bonds. The number of hydrogen-bond donors (Lipinski definition) is 1. The van der Waals surface area contributed by atoms with Gasteiger partial charge in [0.05, 0.1) is 5.71 Å². The summed E-state index contributed by atoms with van der Waals surface area (Å²) in [4.78, 5) is 25.3. The summed E-state index contributed by atoms with van der Waals surface area (Å²) in [6.07, 6.45) is -2.60. The predicted octanol–water partition coefficient (Wildman–Crippen LogP) is 5.93. The molecule has 6 nitrogen and oxygen atoms in total. The predicted molar refractivity (Wildman–Crippen MR) is 118 cm³/mol. The second-order valence-electron chi connectivity index (χ2n) is 7.37. The third-order valence-electron chi connectivity index (χ3n) is 5.14. The van der Waals surface area contributed by atoms with E-state index in [-0.39, 0.29) is 21.3 Å². The van der Waals surface area contributed by atoms with Gasteiger partial charge in [-0.15, -0.1) is 0 Å². The van der Waals surface area contributed by atoms with Crippen molar-refractivity contribution >= 4 is 40.6 Å². The summed E-state index contributed by atoms with van der Waals surface area (Å²) in [5.74, 6) is -0.0947. The van der Waals surface area contributed by atoms with Gasteiger partial charge in [0.25, 0.3) is 11.5 Å². The lowest BCUT2D eigenvalue weighted by atomic mass is 9.86. The molecule has 1 atom stereocenters. The van der Waals surface area contributed by atoms with Gasteiger partial charge in [-0.05, 0) is 54.4 Å². The Balaban J connectivity index is 1.61. The van der Waals surface area contributed by atoms with Crippen molar-refractivity contribution in [3.63, 3.8) is 0 Å². The number of anilines is 1. The Morgan fingerprint density at radius 2 is 1.85 bits per heavy atom. The first-order chi connectivity index (χ1) is 15.6. The van der Waals surface area contributed by atoms with Crippen molar-refractivity contribution in [2.75, 3.05) is 5.32 Å². The number of oxime groups is 1. The highest BCUT2D eigenvalue weighted by Gasteiger charge is 2.62. The molecule has 0 spiro atoms. The van der Waals surface area contributed by atoms with Crippen molar-refractivity contribution < 1.29 is 22.8 Å². The average Bonchev–Trinajstić information content (AvgIpc) is 3.21. The monoisotopic (exact) mass is 494 g/mol. The van der Waals surface area contributed by atoms with Gasteiger partial charge in [-0.1, -0.05) is 34.4 Å². The average molecular weight is 495 g/mol. The van der Waals surface area contributed by atoms with Gasteiger partial charge in [-0.2, -0.15) is 13.2 Å². The summed E-state index contributed by atoms with van der Waals surface area (Å²) in [6, 6.07) is 9.78. The first-order valence-electron chi connectivity index (χ1n) is 9.56. The minimum Gasteiger partial charge on any atom is -0.374 e. The smallest absolute Gasteiger partial charge is 0.374 e. The van der Waals surface area contributed by atoms with E-state index in [0.29, 0.717) is 22.5 Å². The van der Waals surface area contributed by atoms with Crippen LogP contribution in [0.15, 0.2) is 60.1 Å². The molecule has 0 radical (unpaired) electrons. The molecule has 2 aromatic carbocycles. The zero-order valence-corrected chi connectivity index (χ0v) is 18.5. The van der Waals surface area contributed by atoms with Crippen molar-refractivity contribution in [2.24, 2.45) is 5.16 Å². The fraction of sp³-hybridized carbons (Fsp3) is 0.182. The van der Waals surface area contributed by atoms with Crippen molar-refractivity contribution in [2.45, 2.75) is 25.1 Å². The van der Waals surface area contributed by atoms with E-state index in [1.165, 1.54) is 36.8 Å². The standard InChI is InChI=1S/C22H15Cl2F3N4O2/c1-12-6-13(2-3-17(12)20(32)30-19-4-5-28-11-29-19)18-10-21(33-31-18,22(25,26)27)14-7-15(23)9-16(24)8-14/h2-9,11H,10H2,1H3,(H,28,29,30,32).